The first-order chi connectivity index (χ1) is 5.29. The fourth-order valence-corrected chi connectivity index (χ4v) is 1.38. The fourth-order valence-electron chi connectivity index (χ4n) is 0.838. The van der Waals surface area contributed by atoms with Gasteiger partial charge in [0.05, 0.1) is 4.47 Å². The van der Waals surface area contributed by atoms with Gasteiger partial charge < -0.3 is 0 Å². The maximum atomic E-state index is 5.73. The molecule has 0 aliphatic heterocycles. The van der Waals surface area contributed by atoms with E-state index in [-0.39, 0.29) is 0 Å². The molecule has 2 heterocycles. The molecule has 0 radical (unpaired) electrons. The first-order valence-electron chi connectivity index (χ1n) is 2.91. The molecule has 2 rings (SSSR count). The Bertz CT molecular complexity index is 398. The van der Waals surface area contributed by atoms with Gasteiger partial charge in [0, 0.05) is 12.4 Å². The zero-order valence-corrected chi connectivity index (χ0v) is 7.67. The molecule has 0 fully saturated rings. The summed E-state index contributed by atoms with van der Waals surface area (Å²) in [6.07, 6.45) is 5.12. The summed E-state index contributed by atoms with van der Waals surface area (Å²) in [6, 6.07) is 0. The fraction of sp³-hybridized carbons (Fsp3) is 0. The van der Waals surface area contributed by atoms with E-state index >= 15 is 0 Å². The van der Waals surface area contributed by atoms with Crippen molar-refractivity contribution in [2.75, 3.05) is 0 Å². The summed E-state index contributed by atoms with van der Waals surface area (Å²) >= 11 is 9.02. The zero-order valence-electron chi connectivity index (χ0n) is 5.33. The van der Waals surface area contributed by atoms with Crippen LogP contribution in [-0.4, -0.2) is 14.4 Å². The number of hydrogen-bond donors (Lipinski definition) is 0. The number of imidazole rings is 1. The summed E-state index contributed by atoms with van der Waals surface area (Å²) in [5, 5.41) is 0.434. The van der Waals surface area contributed by atoms with Crippen LogP contribution < -0.4 is 0 Å². The van der Waals surface area contributed by atoms with E-state index < -0.39 is 0 Å². The minimum absolute atomic E-state index is 0.434. The molecule has 0 N–H and O–H groups in total. The topological polar surface area (TPSA) is 30.2 Å². The highest BCUT2D eigenvalue weighted by Gasteiger charge is 2.03. The average Bonchev–Trinajstić information content (AvgIpc) is 2.45. The minimum Gasteiger partial charge on any atom is -0.289 e. The van der Waals surface area contributed by atoms with Gasteiger partial charge in [0.2, 0.25) is 0 Å². The first-order valence-corrected chi connectivity index (χ1v) is 4.09. The minimum atomic E-state index is 0.434. The van der Waals surface area contributed by atoms with Gasteiger partial charge in [-0.1, -0.05) is 11.6 Å². The maximum Gasteiger partial charge on any atom is 0.155 e. The summed E-state index contributed by atoms with van der Waals surface area (Å²) in [4.78, 5) is 7.99. The standard InChI is InChI=1S/C6H3BrClN3/c7-4-5(8)10-3-11-2-1-9-6(4)11/h1-3H. The highest BCUT2D eigenvalue weighted by molar-refractivity contribution is 9.10. The van der Waals surface area contributed by atoms with Crippen LogP contribution in [0, 0.1) is 0 Å². The number of nitrogens with zero attached hydrogens (tertiary/aromatic N) is 3. The summed E-state index contributed by atoms with van der Waals surface area (Å²) in [5.41, 5.74) is 0.782. The Morgan fingerprint density at radius 3 is 3.09 bits per heavy atom. The van der Waals surface area contributed by atoms with Crippen molar-refractivity contribution in [3.05, 3.63) is 28.3 Å². The third-order valence-corrected chi connectivity index (χ3v) is 2.59. The van der Waals surface area contributed by atoms with Crippen LogP contribution in [0.5, 0.6) is 0 Å². The van der Waals surface area contributed by atoms with E-state index in [1.54, 1.807) is 16.9 Å². The largest absolute Gasteiger partial charge is 0.289 e. The average molecular weight is 232 g/mol. The van der Waals surface area contributed by atoms with Crippen molar-refractivity contribution in [2.24, 2.45) is 0 Å². The normalized spacial score (nSPS) is 10.7. The number of rotatable bonds is 0. The molecule has 0 bridgehead atoms. The number of fused-ring (bicyclic) bond motifs is 1. The number of aromatic nitrogens is 3. The third-order valence-electron chi connectivity index (χ3n) is 1.34. The van der Waals surface area contributed by atoms with Gasteiger partial charge in [0.1, 0.15) is 11.5 Å². The van der Waals surface area contributed by atoms with Crippen molar-refractivity contribution in [2.45, 2.75) is 0 Å². The number of halogens is 2. The lowest BCUT2D eigenvalue weighted by Gasteiger charge is -1.95. The smallest absolute Gasteiger partial charge is 0.155 e. The van der Waals surface area contributed by atoms with Crippen LogP contribution >= 0.6 is 27.5 Å². The van der Waals surface area contributed by atoms with Gasteiger partial charge in [-0.3, -0.25) is 4.40 Å². The van der Waals surface area contributed by atoms with Crippen LogP contribution in [0.4, 0.5) is 0 Å². The summed E-state index contributed by atoms with van der Waals surface area (Å²) in [7, 11) is 0. The lowest BCUT2D eigenvalue weighted by molar-refractivity contribution is 1.08. The second kappa shape index (κ2) is 2.46. The maximum absolute atomic E-state index is 5.73. The van der Waals surface area contributed by atoms with Gasteiger partial charge in [0.15, 0.2) is 5.65 Å². The molecule has 2 aromatic rings. The van der Waals surface area contributed by atoms with Crippen molar-refractivity contribution in [3.63, 3.8) is 0 Å². The molecule has 5 heteroatoms. The van der Waals surface area contributed by atoms with Crippen LogP contribution in [-0.2, 0) is 0 Å². The van der Waals surface area contributed by atoms with Crippen LogP contribution in [0.2, 0.25) is 5.15 Å². The Hall–Kier alpha value is -0.610. The van der Waals surface area contributed by atoms with E-state index in [9.17, 15) is 0 Å². The van der Waals surface area contributed by atoms with Crippen LogP contribution in [0.3, 0.4) is 0 Å². The molecule has 0 unspecified atom stereocenters. The molecule has 0 aromatic carbocycles. The van der Waals surface area contributed by atoms with E-state index in [4.69, 9.17) is 11.6 Å². The SMILES string of the molecule is Clc1ncn2ccnc2c1Br. The van der Waals surface area contributed by atoms with Crippen molar-refractivity contribution < 1.29 is 0 Å². The van der Waals surface area contributed by atoms with Gasteiger partial charge in [-0.25, -0.2) is 9.97 Å². The number of hydrogen-bond acceptors (Lipinski definition) is 2. The van der Waals surface area contributed by atoms with Crippen molar-refractivity contribution in [3.8, 4) is 0 Å². The Morgan fingerprint density at radius 2 is 2.27 bits per heavy atom. The Labute approximate surface area is 76.2 Å². The molecule has 11 heavy (non-hydrogen) atoms. The molecular weight excluding hydrogens is 229 g/mol. The Kier molecular flexibility index (Phi) is 1.58. The molecule has 2 aromatic heterocycles. The van der Waals surface area contributed by atoms with Gasteiger partial charge in [0.25, 0.3) is 0 Å². The summed E-state index contributed by atoms with van der Waals surface area (Å²) in [5.74, 6) is 0. The van der Waals surface area contributed by atoms with E-state index in [1.165, 1.54) is 0 Å². The molecule has 0 aliphatic rings. The summed E-state index contributed by atoms with van der Waals surface area (Å²) < 4.78 is 2.52. The Morgan fingerprint density at radius 1 is 1.45 bits per heavy atom. The van der Waals surface area contributed by atoms with Crippen molar-refractivity contribution >= 4 is 33.2 Å². The van der Waals surface area contributed by atoms with Crippen molar-refractivity contribution in [1.82, 2.24) is 14.4 Å². The molecule has 0 saturated carbocycles. The molecular formula is C6H3BrClN3. The van der Waals surface area contributed by atoms with Gasteiger partial charge >= 0.3 is 0 Å². The van der Waals surface area contributed by atoms with Gasteiger partial charge in [-0.05, 0) is 15.9 Å². The second-order valence-electron chi connectivity index (χ2n) is 2.01. The van der Waals surface area contributed by atoms with Gasteiger partial charge in [-0.2, -0.15) is 0 Å². The molecule has 56 valence electrons. The molecule has 0 spiro atoms. The van der Waals surface area contributed by atoms with E-state index in [2.05, 4.69) is 25.9 Å². The molecule has 0 atom stereocenters. The first kappa shape index (κ1) is 7.06. The van der Waals surface area contributed by atoms with Crippen molar-refractivity contribution in [1.29, 1.82) is 0 Å². The highest BCUT2D eigenvalue weighted by Crippen LogP contribution is 2.22. The lowest BCUT2D eigenvalue weighted by atomic mass is 10.6. The zero-order chi connectivity index (χ0) is 7.84. The van der Waals surface area contributed by atoms with E-state index in [0.29, 0.717) is 5.15 Å². The van der Waals surface area contributed by atoms with Gasteiger partial charge in [-0.15, -0.1) is 0 Å². The molecule has 0 amide bonds. The Balaban J connectivity index is 2.93. The van der Waals surface area contributed by atoms with Crippen LogP contribution in [0.25, 0.3) is 5.65 Å². The summed E-state index contributed by atoms with van der Waals surface area (Å²) in [6.45, 7) is 0. The predicted molar refractivity (Wildman–Crippen MR) is 45.7 cm³/mol. The van der Waals surface area contributed by atoms with Crippen LogP contribution in [0.1, 0.15) is 0 Å². The molecule has 0 saturated heterocycles. The molecule has 3 nitrogen and oxygen atoms in total. The van der Waals surface area contributed by atoms with E-state index in [0.717, 1.165) is 10.1 Å². The predicted octanol–water partition coefficient (Wildman–Crippen LogP) is 2.15. The monoisotopic (exact) mass is 231 g/mol. The third kappa shape index (κ3) is 1.02. The lowest BCUT2D eigenvalue weighted by Crippen LogP contribution is -1.87. The molecule has 0 aliphatic carbocycles. The van der Waals surface area contributed by atoms with E-state index in [1.807, 2.05) is 6.20 Å². The second-order valence-corrected chi connectivity index (χ2v) is 3.16. The van der Waals surface area contributed by atoms with Crippen LogP contribution in [0.15, 0.2) is 23.2 Å². The highest BCUT2D eigenvalue weighted by atomic mass is 79.9. The quantitative estimate of drug-likeness (QED) is 0.652.